The van der Waals surface area contributed by atoms with Crippen LogP contribution in [0.15, 0.2) is 84.9 Å². The van der Waals surface area contributed by atoms with Crippen LogP contribution in [-0.2, 0) is 6.61 Å². The van der Waals surface area contributed by atoms with E-state index in [1.807, 2.05) is 72.8 Å². The summed E-state index contributed by atoms with van der Waals surface area (Å²) in [5.41, 5.74) is 2.42. The molecule has 0 fully saturated rings. The lowest BCUT2D eigenvalue weighted by molar-refractivity contribution is -0.485. The van der Waals surface area contributed by atoms with E-state index in [0.717, 1.165) is 11.1 Å². The monoisotopic (exact) mass is 401 g/mol. The number of benzene rings is 3. The van der Waals surface area contributed by atoms with Gasteiger partial charge in [0.15, 0.2) is 6.04 Å². The van der Waals surface area contributed by atoms with Crippen molar-refractivity contribution in [2.45, 2.75) is 12.6 Å². The SMILES string of the molecule is O=[N+]([O-])C[C@@H](c1ccccc1OCc1ccccc1)n1nnc(-c2ccccc2)n1. The summed E-state index contributed by atoms with van der Waals surface area (Å²) >= 11 is 0. The number of aromatic nitrogens is 4. The molecule has 8 heteroatoms. The Morgan fingerprint density at radius 3 is 2.33 bits per heavy atom. The summed E-state index contributed by atoms with van der Waals surface area (Å²) in [5.74, 6) is 0.957. The van der Waals surface area contributed by atoms with Crippen LogP contribution in [0.1, 0.15) is 17.2 Å². The van der Waals surface area contributed by atoms with E-state index in [4.69, 9.17) is 4.74 Å². The second-order valence-electron chi connectivity index (χ2n) is 6.64. The largest absolute Gasteiger partial charge is 0.489 e. The van der Waals surface area contributed by atoms with Gasteiger partial charge in [0.25, 0.3) is 0 Å². The average molecular weight is 401 g/mol. The molecule has 0 spiro atoms. The van der Waals surface area contributed by atoms with Gasteiger partial charge in [0.05, 0.1) is 0 Å². The van der Waals surface area contributed by atoms with Gasteiger partial charge in [-0.2, -0.15) is 0 Å². The molecule has 0 saturated carbocycles. The summed E-state index contributed by atoms with van der Waals surface area (Å²) in [7, 11) is 0. The van der Waals surface area contributed by atoms with Crippen LogP contribution >= 0.6 is 0 Å². The van der Waals surface area contributed by atoms with Crippen molar-refractivity contribution >= 4 is 0 Å². The first-order valence-electron chi connectivity index (χ1n) is 9.43. The van der Waals surface area contributed by atoms with E-state index < -0.39 is 12.6 Å². The van der Waals surface area contributed by atoms with Crippen molar-refractivity contribution in [3.05, 3.63) is 106 Å². The zero-order valence-electron chi connectivity index (χ0n) is 16.0. The van der Waals surface area contributed by atoms with Gasteiger partial charge >= 0.3 is 0 Å². The number of tetrazole rings is 1. The molecule has 4 rings (SSSR count). The lowest BCUT2D eigenvalue weighted by Crippen LogP contribution is -2.23. The van der Waals surface area contributed by atoms with E-state index in [2.05, 4.69) is 15.4 Å². The minimum atomic E-state index is -0.753. The highest BCUT2D eigenvalue weighted by atomic mass is 16.6. The van der Waals surface area contributed by atoms with Crippen LogP contribution in [0.25, 0.3) is 11.4 Å². The fourth-order valence-corrected chi connectivity index (χ4v) is 3.12. The highest BCUT2D eigenvalue weighted by Crippen LogP contribution is 2.28. The lowest BCUT2D eigenvalue weighted by atomic mass is 10.1. The van der Waals surface area contributed by atoms with E-state index in [1.165, 1.54) is 4.80 Å². The second-order valence-corrected chi connectivity index (χ2v) is 6.64. The third-order valence-corrected chi connectivity index (χ3v) is 4.58. The topological polar surface area (TPSA) is 96.0 Å². The Kier molecular flexibility index (Phi) is 5.75. The Labute approximate surface area is 172 Å². The molecular formula is C22H19N5O3. The standard InChI is InChI=1S/C22H19N5O3/c28-26(29)15-20(27-24-22(23-25-27)18-11-5-2-6-12-18)19-13-7-8-14-21(19)30-16-17-9-3-1-4-10-17/h1-14,20H,15-16H2/t20-/m0/s1. The first-order chi connectivity index (χ1) is 14.7. The van der Waals surface area contributed by atoms with Crippen molar-refractivity contribution in [1.82, 2.24) is 20.2 Å². The molecule has 0 saturated heterocycles. The Hall–Kier alpha value is -4.07. The van der Waals surface area contributed by atoms with E-state index in [9.17, 15) is 10.1 Å². The maximum atomic E-state index is 11.4. The van der Waals surface area contributed by atoms with Crippen LogP contribution in [0.5, 0.6) is 5.75 Å². The quantitative estimate of drug-likeness (QED) is 0.329. The minimum absolute atomic E-state index is 0.350. The minimum Gasteiger partial charge on any atom is -0.489 e. The first kappa shape index (κ1) is 19.3. The molecule has 8 nitrogen and oxygen atoms in total. The third kappa shape index (κ3) is 4.49. The molecule has 0 bridgehead atoms. The second kappa shape index (κ2) is 8.95. The predicted molar refractivity (Wildman–Crippen MR) is 110 cm³/mol. The Morgan fingerprint density at radius 1 is 0.933 bits per heavy atom. The van der Waals surface area contributed by atoms with Crippen molar-refractivity contribution in [3.8, 4) is 17.1 Å². The van der Waals surface area contributed by atoms with E-state index in [0.29, 0.717) is 23.7 Å². The predicted octanol–water partition coefficient (Wildman–Crippen LogP) is 3.79. The van der Waals surface area contributed by atoms with Crippen LogP contribution in [0.3, 0.4) is 0 Å². The van der Waals surface area contributed by atoms with Gasteiger partial charge < -0.3 is 4.74 Å². The fraction of sp³-hybridized carbons (Fsp3) is 0.136. The number of nitrogens with zero attached hydrogens (tertiary/aromatic N) is 5. The molecule has 1 atom stereocenters. The van der Waals surface area contributed by atoms with Crippen molar-refractivity contribution in [2.75, 3.05) is 6.54 Å². The average Bonchev–Trinajstić information content (AvgIpc) is 3.28. The summed E-state index contributed by atoms with van der Waals surface area (Å²) in [6, 6.07) is 25.6. The number of nitro groups is 1. The Bertz CT molecular complexity index is 1120. The van der Waals surface area contributed by atoms with E-state index >= 15 is 0 Å². The molecule has 0 aliphatic heterocycles. The van der Waals surface area contributed by atoms with Crippen LogP contribution in [0, 0.1) is 10.1 Å². The molecule has 4 aromatic rings. The van der Waals surface area contributed by atoms with Gasteiger partial charge in [-0.3, -0.25) is 10.1 Å². The summed E-state index contributed by atoms with van der Waals surface area (Å²) in [5, 5.41) is 24.0. The molecule has 1 heterocycles. The number of para-hydroxylation sites is 1. The van der Waals surface area contributed by atoms with Crippen molar-refractivity contribution in [3.63, 3.8) is 0 Å². The van der Waals surface area contributed by atoms with Gasteiger partial charge in [-0.15, -0.1) is 15.0 Å². The van der Waals surface area contributed by atoms with Gasteiger partial charge in [-0.1, -0.05) is 78.9 Å². The molecule has 30 heavy (non-hydrogen) atoms. The molecular weight excluding hydrogens is 382 g/mol. The third-order valence-electron chi connectivity index (χ3n) is 4.58. The molecule has 0 amide bonds. The summed E-state index contributed by atoms with van der Waals surface area (Å²) in [6.07, 6.45) is 0. The maximum Gasteiger partial charge on any atom is 0.232 e. The van der Waals surface area contributed by atoms with Crippen LogP contribution in [0.4, 0.5) is 0 Å². The van der Waals surface area contributed by atoms with Crippen LogP contribution in [0.2, 0.25) is 0 Å². The van der Waals surface area contributed by atoms with Crippen molar-refractivity contribution in [1.29, 1.82) is 0 Å². The van der Waals surface area contributed by atoms with Crippen LogP contribution in [-0.4, -0.2) is 31.7 Å². The highest BCUT2D eigenvalue weighted by Gasteiger charge is 2.26. The number of ether oxygens (including phenoxy) is 1. The normalized spacial score (nSPS) is 11.7. The first-order valence-corrected chi connectivity index (χ1v) is 9.43. The molecule has 150 valence electrons. The van der Waals surface area contributed by atoms with Crippen molar-refractivity contribution in [2.24, 2.45) is 0 Å². The molecule has 0 N–H and O–H groups in total. The van der Waals surface area contributed by atoms with Gasteiger partial charge in [0.1, 0.15) is 12.4 Å². The van der Waals surface area contributed by atoms with E-state index in [-0.39, 0.29) is 4.92 Å². The molecule has 0 aliphatic carbocycles. The molecule has 3 aromatic carbocycles. The number of hydrogen-bond donors (Lipinski definition) is 0. The van der Waals surface area contributed by atoms with Gasteiger partial charge in [-0.25, -0.2) is 0 Å². The van der Waals surface area contributed by atoms with Crippen LogP contribution < -0.4 is 4.74 Å². The summed E-state index contributed by atoms with van der Waals surface area (Å²) in [6.45, 7) is -0.0423. The van der Waals surface area contributed by atoms with Gasteiger partial charge in [-0.05, 0) is 16.8 Å². The summed E-state index contributed by atoms with van der Waals surface area (Å²) in [4.78, 5) is 12.3. The molecule has 0 aliphatic rings. The zero-order chi connectivity index (χ0) is 20.8. The Morgan fingerprint density at radius 2 is 1.60 bits per heavy atom. The highest BCUT2D eigenvalue weighted by molar-refractivity contribution is 5.53. The van der Waals surface area contributed by atoms with E-state index in [1.54, 1.807) is 12.1 Å². The maximum absolute atomic E-state index is 11.4. The molecule has 1 aromatic heterocycles. The Balaban J connectivity index is 1.65. The molecule has 0 unspecified atom stereocenters. The number of hydrogen-bond acceptors (Lipinski definition) is 6. The fourth-order valence-electron chi connectivity index (χ4n) is 3.12. The van der Waals surface area contributed by atoms with Gasteiger partial charge in [0, 0.05) is 16.1 Å². The zero-order valence-corrected chi connectivity index (χ0v) is 16.0. The summed E-state index contributed by atoms with van der Waals surface area (Å²) < 4.78 is 5.99. The lowest BCUT2D eigenvalue weighted by Gasteiger charge is -2.16. The van der Waals surface area contributed by atoms with Gasteiger partial charge in [0.2, 0.25) is 12.4 Å². The number of rotatable bonds is 8. The van der Waals surface area contributed by atoms with Crippen molar-refractivity contribution < 1.29 is 9.66 Å². The molecule has 0 radical (unpaired) electrons. The smallest absolute Gasteiger partial charge is 0.232 e.